The molecule has 1 atom stereocenters. The van der Waals surface area contributed by atoms with E-state index in [0.717, 1.165) is 0 Å². The number of esters is 1. The van der Waals surface area contributed by atoms with Crippen LogP contribution in [0.1, 0.15) is 55.3 Å². The van der Waals surface area contributed by atoms with Gasteiger partial charge >= 0.3 is 5.97 Å². The number of thioether (sulfide) groups is 1. The number of rotatable bonds is 8. The molecule has 1 amide bonds. The van der Waals surface area contributed by atoms with Crippen LogP contribution in [0.4, 0.5) is 5.69 Å². The zero-order chi connectivity index (χ0) is 23.2. The van der Waals surface area contributed by atoms with Crippen LogP contribution in [0.25, 0.3) is 0 Å². The van der Waals surface area contributed by atoms with E-state index in [9.17, 15) is 19.2 Å². The molecule has 2 rings (SSSR count). The lowest BCUT2D eigenvalue weighted by Crippen LogP contribution is -2.26. The van der Waals surface area contributed by atoms with Crippen molar-refractivity contribution in [3.63, 3.8) is 0 Å². The van der Waals surface area contributed by atoms with Crippen molar-refractivity contribution in [2.75, 3.05) is 11.9 Å². The second-order valence-corrected chi connectivity index (χ2v) is 9.51. The summed E-state index contributed by atoms with van der Waals surface area (Å²) in [5, 5.41) is 2.30. The Morgan fingerprint density at radius 1 is 1.00 bits per heavy atom. The second-order valence-electron chi connectivity index (χ2n) is 8.13. The van der Waals surface area contributed by atoms with E-state index < -0.39 is 16.6 Å². The highest BCUT2D eigenvalue weighted by molar-refractivity contribution is 8.00. The van der Waals surface area contributed by atoms with Crippen molar-refractivity contribution >= 4 is 40.9 Å². The number of hydrogen-bond donors (Lipinski definition) is 1. The van der Waals surface area contributed by atoms with Gasteiger partial charge in [-0.1, -0.05) is 32.9 Å². The Balaban J connectivity index is 2.03. The summed E-state index contributed by atoms with van der Waals surface area (Å²) < 4.78 is 5.20. The maximum Gasteiger partial charge on any atom is 0.339 e. The monoisotopic (exact) mass is 441 g/mol. The zero-order valence-corrected chi connectivity index (χ0v) is 19.2. The van der Waals surface area contributed by atoms with E-state index in [1.165, 1.54) is 18.7 Å². The van der Waals surface area contributed by atoms with Crippen LogP contribution >= 0.6 is 11.8 Å². The van der Waals surface area contributed by atoms with Gasteiger partial charge in [-0.25, -0.2) is 4.79 Å². The Morgan fingerprint density at radius 2 is 1.61 bits per heavy atom. The van der Waals surface area contributed by atoms with Gasteiger partial charge in [0.15, 0.2) is 18.2 Å². The normalized spacial score (nSPS) is 12.0. The maximum atomic E-state index is 12.6. The van der Waals surface area contributed by atoms with Gasteiger partial charge in [-0.3, -0.25) is 14.4 Å². The number of Topliss-reactive ketones (excluding diaryl/α,β-unsaturated/α-hetero) is 2. The minimum atomic E-state index is -0.604. The molecular formula is C24H27NO5S. The van der Waals surface area contributed by atoms with Crippen LogP contribution in [-0.4, -0.2) is 35.3 Å². The third-order valence-electron chi connectivity index (χ3n) is 4.51. The fraction of sp³-hybridized carbons (Fsp3) is 0.333. The number of amides is 1. The standard InChI is InChI=1S/C24H27NO5S/c1-15(26)17-10-12-18(13-11-17)25-22(28)16(2)31-20-9-7-6-8-19(20)23(29)30-14-21(27)24(3,4)5/h6-13,16H,14H2,1-5H3,(H,25,28). The number of benzene rings is 2. The molecule has 1 unspecified atom stereocenters. The Kier molecular flexibility index (Phi) is 8.16. The van der Waals surface area contributed by atoms with Gasteiger partial charge in [0.05, 0.1) is 10.8 Å². The van der Waals surface area contributed by atoms with Crippen LogP contribution in [-0.2, 0) is 14.3 Å². The second kappa shape index (κ2) is 10.4. The molecule has 6 nitrogen and oxygen atoms in total. The molecule has 31 heavy (non-hydrogen) atoms. The zero-order valence-electron chi connectivity index (χ0n) is 18.4. The summed E-state index contributed by atoms with van der Waals surface area (Å²) >= 11 is 1.22. The number of ether oxygens (including phenoxy) is 1. The number of anilines is 1. The molecule has 164 valence electrons. The van der Waals surface area contributed by atoms with E-state index >= 15 is 0 Å². The molecule has 0 aliphatic rings. The largest absolute Gasteiger partial charge is 0.454 e. The molecule has 0 saturated heterocycles. The van der Waals surface area contributed by atoms with E-state index in [4.69, 9.17) is 4.74 Å². The molecule has 7 heteroatoms. The van der Waals surface area contributed by atoms with Crippen LogP contribution in [0.2, 0.25) is 0 Å². The van der Waals surface area contributed by atoms with Gasteiger partial charge in [-0.2, -0.15) is 0 Å². The first kappa shape index (κ1) is 24.3. The number of carbonyl (C=O) groups excluding carboxylic acids is 4. The van der Waals surface area contributed by atoms with Gasteiger partial charge < -0.3 is 10.1 Å². The van der Waals surface area contributed by atoms with E-state index in [0.29, 0.717) is 21.7 Å². The topological polar surface area (TPSA) is 89.5 Å². The first-order valence-electron chi connectivity index (χ1n) is 9.87. The average Bonchev–Trinajstić information content (AvgIpc) is 2.71. The van der Waals surface area contributed by atoms with E-state index in [2.05, 4.69) is 5.32 Å². The average molecular weight is 442 g/mol. The molecule has 0 aliphatic carbocycles. The molecule has 2 aromatic rings. The highest BCUT2D eigenvalue weighted by Crippen LogP contribution is 2.28. The Hall–Kier alpha value is -2.93. The third kappa shape index (κ3) is 7.07. The summed E-state index contributed by atoms with van der Waals surface area (Å²) in [5.41, 5.74) is 0.859. The highest BCUT2D eigenvalue weighted by atomic mass is 32.2. The van der Waals surface area contributed by atoms with Gasteiger partial charge in [0.25, 0.3) is 0 Å². The van der Waals surface area contributed by atoms with Crippen LogP contribution in [0, 0.1) is 5.41 Å². The first-order chi connectivity index (χ1) is 14.5. The summed E-state index contributed by atoms with van der Waals surface area (Å²) in [4.78, 5) is 49.1. The molecule has 1 N–H and O–H groups in total. The minimum Gasteiger partial charge on any atom is -0.454 e. The number of ketones is 2. The lowest BCUT2D eigenvalue weighted by molar-refractivity contribution is -0.129. The Bertz CT molecular complexity index is 976. The van der Waals surface area contributed by atoms with Crippen molar-refractivity contribution < 1.29 is 23.9 Å². The van der Waals surface area contributed by atoms with Crippen molar-refractivity contribution in [1.82, 2.24) is 0 Å². The SMILES string of the molecule is CC(=O)c1ccc(NC(=O)C(C)Sc2ccccc2C(=O)OCC(=O)C(C)(C)C)cc1. The Labute approximate surface area is 186 Å². The van der Waals surface area contributed by atoms with Gasteiger partial charge in [-0.15, -0.1) is 11.8 Å². The summed E-state index contributed by atoms with van der Waals surface area (Å²) in [6, 6.07) is 13.5. The van der Waals surface area contributed by atoms with Crippen molar-refractivity contribution in [2.24, 2.45) is 5.41 Å². The van der Waals surface area contributed by atoms with Crippen LogP contribution in [0.15, 0.2) is 53.4 Å². The molecule has 2 aromatic carbocycles. The first-order valence-corrected chi connectivity index (χ1v) is 10.7. The maximum absolute atomic E-state index is 12.6. The highest BCUT2D eigenvalue weighted by Gasteiger charge is 2.24. The summed E-state index contributed by atoms with van der Waals surface area (Å²) in [6.07, 6.45) is 0. The minimum absolute atomic E-state index is 0.0468. The van der Waals surface area contributed by atoms with Crippen LogP contribution in [0.3, 0.4) is 0 Å². The predicted molar refractivity (Wildman–Crippen MR) is 122 cm³/mol. The fourth-order valence-corrected chi connectivity index (χ4v) is 3.42. The molecule has 0 spiro atoms. The van der Waals surface area contributed by atoms with Gasteiger partial charge in [-0.05, 0) is 50.2 Å². The van der Waals surface area contributed by atoms with Crippen LogP contribution < -0.4 is 5.32 Å². The summed E-state index contributed by atoms with van der Waals surface area (Å²) in [7, 11) is 0. The van der Waals surface area contributed by atoms with Crippen molar-refractivity contribution in [2.45, 2.75) is 44.8 Å². The fourth-order valence-electron chi connectivity index (χ4n) is 2.44. The molecule has 0 saturated carbocycles. The van der Waals surface area contributed by atoms with E-state index in [1.807, 2.05) is 0 Å². The lowest BCUT2D eigenvalue weighted by Gasteiger charge is -2.17. The number of nitrogens with one attached hydrogen (secondary N) is 1. The molecule has 0 aliphatic heterocycles. The van der Waals surface area contributed by atoms with Gasteiger partial charge in [0.1, 0.15) is 0 Å². The Morgan fingerprint density at radius 3 is 2.19 bits per heavy atom. The quantitative estimate of drug-likeness (QED) is 0.360. The summed E-state index contributed by atoms with van der Waals surface area (Å²) in [5.74, 6) is -1.07. The van der Waals surface area contributed by atoms with Gasteiger partial charge in [0, 0.05) is 21.6 Å². The molecular weight excluding hydrogens is 414 g/mol. The van der Waals surface area contributed by atoms with E-state index in [1.54, 1.807) is 76.2 Å². The van der Waals surface area contributed by atoms with Crippen molar-refractivity contribution in [3.8, 4) is 0 Å². The smallest absolute Gasteiger partial charge is 0.339 e. The van der Waals surface area contributed by atoms with E-state index in [-0.39, 0.29) is 24.1 Å². The predicted octanol–water partition coefficient (Wildman–Crippen LogP) is 4.78. The molecule has 0 fully saturated rings. The van der Waals surface area contributed by atoms with Gasteiger partial charge in [0.2, 0.25) is 5.91 Å². The molecule has 0 heterocycles. The van der Waals surface area contributed by atoms with Crippen molar-refractivity contribution in [3.05, 3.63) is 59.7 Å². The number of carbonyl (C=O) groups is 4. The lowest BCUT2D eigenvalue weighted by atomic mass is 9.91. The molecule has 0 bridgehead atoms. The number of hydrogen-bond acceptors (Lipinski definition) is 6. The van der Waals surface area contributed by atoms with Crippen molar-refractivity contribution in [1.29, 1.82) is 0 Å². The molecule has 0 radical (unpaired) electrons. The van der Waals surface area contributed by atoms with Crippen LogP contribution in [0.5, 0.6) is 0 Å². The molecule has 0 aromatic heterocycles. The third-order valence-corrected chi connectivity index (χ3v) is 5.69. The summed E-state index contributed by atoms with van der Waals surface area (Å²) in [6.45, 7) is 8.21.